The minimum Gasteiger partial charge on any atom is -0.392 e. The van der Waals surface area contributed by atoms with Gasteiger partial charge in [-0.05, 0) is 44.9 Å². The minimum atomic E-state index is -0.177. The van der Waals surface area contributed by atoms with E-state index in [0.29, 0.717) is 5.92 Å². The van der Waals surface area contributed by atoms with Crippen LogP contribution in [0.1, 0.15) is 24.2 Å². The van der Waals surface area contributed by atoms with E-state index in [1.807, 2.05) is 19.2 Å². The third kappa shape index (κ3) is 2.80. The molecule has 1 atom stereocenters. The molecule has 102 valence electrons. The monoisotopic (exact) mass is 259 g/mol. The first-order chi connectivity index (χ1) is 9.13. The molecule has 19 heavy (non-hydrogen) atoms. The molecule has 1 saturated carbocycles. The predicted molar refractivity (Wildman–Crippen MR) is 75.0 cm³/mol. The van der Waals surface area contributed by atoms with Crippen molar-refractivity contribution in [2.75, 3.05) is 13.6 Å². The molecular formula is C15H21N3O. The van der Waals surface area contributed by atoms with E-state index in [9.17, 15) is 5.11 Å². The van der Waals surface area contributed by atoms with Crippen LogP contribution in [0.5, 0.6) is 0 Å². The van der Waals surface area contributed by atoms with Crippen LogP contribution in [-0.2, 0) is 6.54 Å². The molecule has 0 radical (unpaired) electrons. The molecule has 0 aromatic carbocycles. The number of aliphatic hydroxyl groups is 1. The maximum Gasteiger partial charge on any atom is 0.137 e. The SMILES string of the molecule is Cc1cccc2nc(CN(C)CC(O)C3CC3)cn12. The van der Waals surface area contributed by atoms with Crippen molar-refractivity contribution in [1.82, 2.24) is 14.3 Å². The van der Waals surface area contributed by atoms with Crippen LogP contribution in [0.3, 0.4) is 0 Å². The van der Waals surface area contributed by atoms with E-state index in [-0.39, 0.29) is 6.10 Å². The summed E-state index contributed by atoms with van der Waals surface area (Å²) in [4.78, 5) is 6.77. The number of hydrogen-bond acceptors (Lipinski definition) is 3. The standard InChI is InChI=1S/C15H21N3O/c1-11-4-3-5-15-16-13(9-18(11)15)8-17(2)10-14(19)12-6-7-12/h3-5,9,12,14,19H,6-8,10H2,1-2H3. The summed E-state index contributed by atoms with van der Waals surface area (Å²) < 4.78 is 2.11. The Morgan fingerprint density at radius 1 is 1.47 bits per heavy atom. The van der Waals surface area contributed by atoms with Crippen LogP contribution in [0.25, 0.3) is 5.65 Å². The van der Waals surface area contributed by atoms with Gasteiger partial charge in [-0.25, -0.2) is 4.98 Å². The molecule has 1 aliphatic carbocycles. The number of imidazole rings is 1. The third-order valence-electron chi connectivity index (χ3n) is 3.84. The molecule has 2 aromatic heterocycles. The average molecular weight is 259 g/mol. The highest BCUT2D eigenvalue weighted by Crippen LogP contribution is 2.32. The van der Waals surface area contributed by atoms with Crippen LogP contribution in [0.4, 0.5) is 0 Å². The highest BCUT2D eigenvalue weighted by Gasteiger charge is 2.30. The van der Waals surface area contributed by atoms with Crippen LogP contribution >= 0.6 is 0 Å². The van der Waals surface area contributed by atoms with Crippen molar-refractivity contribution in [3.05, 3.63) is 35.8 Å². The number of hydrogen-bond donors (Lipinski definition) is 1. The van der Waals surface area contributed by atoms with E-state index in [1.54, 1.807) is 0 Å². The molecule has 0 aliphatic heterocycles. The number of likely N-dealkylation sites (N-methyl/N-ethyl adjacent to an activating group) is 1. The number of fused-ring (bicyclic) bond motifs is 1. The van der Waals surface area contributed by atoms with Gasteiger partial charge in [0.1, 0.15) is 5.65 Å². The minimum absolute atomic E-state index is 0.177. The van der Waals surface area contributed by atoms with E-state index >= 15 is 0 Å². The van der Waals surface area contributed by atoms with Crippen molar-refractivity contribution < 1.29 is 5.11 Å². The van der Waals surface area contributed by atoms with Gasteiger partial charge in [-0.15, -0.1) is 0 Å². The molecule has 3 rings (SSSR count). The average Bonchev–Trinajstić information content (AvgIpc) is 3.11. The Morgan fingerprint density at radius 3 is 2.95 bits per heavy atom. The predicted octanol–water partition coefficient (Wildman–Crippen LogP) is 1.85. The Morgan fingerprint density at radius 2 is 2.26 bits per heavy atom. The summed E-state index contributed by atoms with van der Waals surface area (Å²) in [7, 11) is 2.04. The third-order valence-corrected chi connectivity index (χ3v) is 3.84. The van der Waals surface area contributed by atoms with Crippen LogP contribution in [0.2, 0.25) is 0 Å². The van der Waals surface area contributed by atoms with Gasteiger partial charge in [0.25, 0.3) is 0 Å². The summed E-state index contributed by atoms with van der Waals surface area (Å²) >= 11 is 0. The number of rotatable bonds is 5. The zero-order valence-corrected chi connectivity index (χ0v) is 11.6. The van der Waals surface area contributed by atoms with Gasteiger partial charge in [-0.1, -0.05) is 6.07 Å². The quantitative estimate of drug-likeness (QED) is 0.891. The Balaban J connectivity index is 1.68. The summed E-state index contributed by atoms with van der Waals surface area (Å²) in [5.41, 5.74) is 3.24. The normalized spacial score (nSPS) is 17.3. The zero-order valence-electron chi connectivity index (χ0n) is 11.6. The molecule has 1 aliphatic rings. The maximum absolute atomic E-state index is 9.95. The summed E-state index contributed by atoms with van der Waals surface area (Å²) in [6, 6.07) is 6.14. The van der Waals surface area contributed by atoms with Crippen molar-refractivity contribution in [3.8, 4) is 0 Å². The molecular weight excluding hydrogens is 238 g/mol. The van der Waals surface area contributed by atoms with Crippen LogP contribution < -0.4 is 0 Å². The lowest BCUT2D eigenvalue weighted by atomic mass is 10.2. The molecule has 0 bridgehead atoms. The topological polar surface area (TPSA) is 40.8 Å². The largest absolute Gasteiger partial charge is 0.392 e. The molecule has 1 fully saturated rings. The van der Waals surface area contributed by atoms with E-state index in [4.69, 9.17) is 0 Å². The molecule has 2 aromatic rings. The number of aryl methyl sites for hydroxylation is 1. The fourth-order valence-electron chi connectivity index (χ4n) is 2.57. The van der Waals surface area contributed by atoms with Crippen molar-refractivity contribution in [2.45, 2.75) is 32.4 Å². The molecule has 0 saturated heterocycles. The molecule has 1 unspecified atom stereocenters. The smallest absolute Gasteiger partial charge is 0.137 e. The second-order valence-corrected chi connectivity index (χ2v) is 5.73. The number of aliphatic hydroxyl groups excluding tert-OH is 1. The summed E-state index contributed by atoms with van der Waals surface area (Å²) in [5, 5.41) is 9.95. The fourth-order valence-corrected chi connectivity index (χ4v) is 2.57. The van der Waals surface area contributed by atoms with Gasteiger partial charge < -0.3 is 9.51 Å². The number of aromatic nitrogens is 2. The Kier molecular flexibility index (Phi) is 3.29. The van der Waals surface area contributed by atoms with Gasteiger partial charge in [0.05, 0.1) is 11.8 Å². The first-order valence-corrected chi connectivity index (χ1v) is 6.93. The Labute approximate surface area is 113 Å². The number of nitrogens with zero attached hydrogens (tertiary/aromatic N) is 3. The lowest BCUT2D eigenvalue weighted by Crippen LogP contribution is -2.30. The highest BCUT2D eigenvalue weighted by atomic mass is 16.3. The fraction of sp³-hybridized carbons (Fsp3) is 0.533. The van der Waals surface area contributed by atoms with Crippen molar-refractivity contribution in [2.24, 2.45) is 5.92 Å². The van der Waals surface area contributed by atoms with E-state index in [0.717, 1.165) is 24.4 Å². The molecule has 0 spiro atoms. The van der Waals surface area contributed by atoms with Crippen LogP contribution in [0, 0.1) is 12.8 Å². The maximum atomic E-state index is 9.95. The van der Waals surface area contributed by atoms with Crippen molar-refractivity contribution in [1.29, 1.82) is 0 Å². The Bertz CT molecular complexity index is 574. The second kappa shape index (κ2) is 4.94. The van der Waals surface area contributed by atoms with Gasteiger partial charge in [0, 0.05) is 25.0 Å². The molecule has 1 N–H and O–H groups in total. The molecule has 4 nitrogen and oxygen atoms in total. The summed E-state index contributed by atoms with van der Waals surface area (Å²) in [5.74, 6) is 0.533. The Hall–Kier alpha value is -1.39. The van der Waals surface area contributed by atoms with E-state index in [1.165, 1.54) is 18.5 Å². The van der Waals surface area contributed by atoms with Gasteiger partial charge in [-0.2, -0.15) is 0 Å². The van der Waals surface area contributed by atoms with Gasteiger partial charge in [0.15, 0.2) is 0 Å². The molecule has 0 amide bonds. The number of pyridine rings is 1. The van der Waals surface area contributed by atoms with Gasteiger partial charge in [0.2, 0.25) is 0 Å². The zero-order chi connectivity index (χ0) is 13.4. The lowest BCUT2D eigenvalue weighted by molar-refractivity contribution is 0.104. The highest BCUT2D eigenvalue weighted by molar-refractivity contribution is 5.41. The summed E-state index contributed by atoms with van der Waals surface area (Å²) in [6.45, 7) is 3.60. The van der Waals surface area contributed by atoms with E-state index < -0.39 is 0 Å². The lowest BCUT2D eigenvalue weighted by Gasteiger charge is -2.19. The van der Waals surface area contributed by atoms with Crippen LogP contribution in [-0.4, -0.2) is 39.1 Å². The first-order valence-electron chi connectivity index (χ1n) is 6.93. The molecule has 4 heteroatoms. The van der Waals surface area contributed by atoms with Gasteiger partial charge in [-0.3, -0.25) is 4.90 Å². The van der Waals surface area contributed by atoms with Crippen molar-refractivity contribution >= 4 is 5.65 Å². The van der Waals surface area contributed by atoms with Gasteiger partial charge >= 0.3 is 0 Å². The van der Waals surface area contributed by atoms with Crippen LogP contribution in [0.15, 0.2) is 24.4 Å². The van der Waals surface area contributed by atoms with Crippen molar-refractivity contribution in [3.63, 3.8) is 0 Å². The summed E-state index contributed by atoms with van der Waals surface area (Å²) in [6.07, 6.45) is 4.28. The molecule has 2 heterocycles. The first kappa shape index (κ1) is 12.6. The van der Waals surface area contributed by atoms with E-state index in [2.05, 4.69) is 33.5 Å². The second-order valence-electron chi connectivity index (χ2n) is 5.73.